The van der Waals surface area contributed by atoms with E-state index >= 15 is 0 Å². The van der Waals surface area contributed by atoms with Crippen LogP contribution < -0.4 is 0 Å². The predicted octanol–water partition coefficient (Wildman–Crippen LogP) is 6.38. The van der Waals surface area contributed by atoms with E-state index in [4.69, 9.17) is 0 Å². The number of benzene rings is 1. The summed E-state index contributed by atoms with van der Waals surface area (Å²) in [5.41, 5.74) is 5.26. The molecular formula is C20H34. The van der Waals surface area contributed by atoms with Crippen LogP contribution >= 0.6 is 0 Å². The molecule has 0 radical (unpaired) electrons. The van der Waals surface area contributed by atoms with Crippen LogP contribution in [-0.2, 0) is 12.8 Å². The molecule has 0 heterocycles. The Bertz CT molecular complexity index is 432. The molecule has 1 atom stereocenters. The van der Waals surface area contributed by atoms with Crippen LogP contribution in [0.15, 0.2) is 18.2 Å². The lowest BCUT2D eigenvalue weighted by Gasteiger charge is -2.41. The van der Waals surface area contributed by atoms with Crippen LogP contribution in [0.5, 0.6) is 0 Å². The first-order valence-corrected chi connectivity index (χ1v) is 8.24. The lowest BCUT2D eigenvalue weighted by molar-refractivity contribution is 0.111. The largest absolute Gasteiger partial charge is 0.0613 e. The minimum atomic E-state index is 0.343. The van der Waals surface area contributed by atoms with E-state index in [1.54, 1.807) is 5.56 Å². The Kier molecular flexibility index (Phi) is 5.46. The van der Waals surface area contributed by atoms with Gasteiger partial charge in [0.05, 0.1) is 0 Å². The molecule has 0 aromatic heterocycles. The van der Waals surface area contributed by atoms with Gasteiger partial charge in [-0.1, -0.05) is 73.6 Å². The molecule has 0 amide bonds. The summed E-state index contributed by atoms with van der Waals surface area (Å²) in [5.74, 6) is 0.630. The molecule has 0 heteroatoms. The minimum absolute atomic E-state index is 0.343. The molecule has 0 aliphatic heterocycles. The van der Waals surface area contributed by atoms with Crippen LogP contribution in [0.4, 0.5) is 0 Å². The summed E-state index contributed by atoms with van der Waals surface area (Å²) in [6, 6.07) is 7.08. The summed E-state index contributed by atoms with van der Waals surface area (Å²) in [6.07, 6.45) is 3.52. The zero-order chi connectivity index (χ0) is 15.6. The highest BCUT2D eigenvalue weighted by atomic mass is 14.4. The van der Waals surface area contributed by atoms with Crippen molar-refractivity contribution in [3.05, 3.63) is 34.9 Å². The third-order valence-corrected chi connectivity index (χ3v) is 5.38. The van der Waals surface area contributed by atoms with Gasteiger partial charge in [-0.2, -0.15) is 0 Å². The maximum atomic E-state index is 2.45. The fourth-order valence-corrected chi connectivity index (χ4v) is 2.83. The van der Waals surface area contributed by atoms with Crippen LogP contribution in [0.1, 0.15) is 84.4 Å². The van der Waals surface area contributed by atoms with Crippen molar-refractivity contribution in [2.45, 2.75) is 80.6 Å². The fraction of sp³-hybridized carbons (Fsp3) is 0.700. The smallest absolute Gasteiger partial charge is 0.0182 e. The summed E-state index contributed by atoms with van der Waals surface area (Å²) in [7, 11) is 0. The van der Waals surface area contributed by atoms with Crippen molar-refractivity contribution in [1.29, 1.82) is 0 Å². The Hall–Kier alpha value is -0.780. The lowest BCUT2D eigenvalue weighted by Crippen LogP contribution is -2.31. The Labute approximate surface area is 127 Å². The molecule has 0 fully saturated rings. The summed E-state index contributed by atoms with van der Waals surface area (Å²) in [6.45, 7) is 18.8. The van der Waals surface area contributed by atoms with Gasteiger partial charge in [0.25, 0.3) is 0 Å². The summed E-state index contributed by atoms with van der Waals surface area (Å²) in [5, 5.41) is 0. The Balaban J connectivity index is 3.05. The van der Waals surface area contributed by atoms with E-state index in [1.807, 2.05) is 0 Å². The highest BCUT2D eigenvalue weighted by Crippen LogP contribution is 2.45. The second-order valence-corrected chi connectivity index (χ2v) is 7.98. The molecule has 0 saturated carbocycles. The van der Waals surface area contributed by atoms with E-state index in [-0.39, 0.29) is 0 Å². The molecule has 0 spiro atoms. The maximum Gasteiger partial charge on any atom is -0.0182 e. The highest BCUT2D eigenvalue weighted by Gasteiger charge is 2.34. The van der Waals surface area contributed by atoms with E-state index in [9.17, 15) is 0 Å². The first kappa shape index (κ1) is 17.3. The van der Waals surface area contributed by atoms with Crippen molar-refractivity contribution in [2.75, 3.05) is 0 Å². The second kappa shape index (κ2) is 6.33. The van der Waals surface area contributed by atoms with Crippen LogP contribution in [0.2, 0.25) is 0 Å². The van der Waals surface area contributed by atoms with Gasteiger partial charge < -0.3 is 0 Å². The highest BCUT2D eigenvalue weighted by molar-refractivity contribution is 5.34. The van der Waals surface area contributed by atoms with Gasteiger partial charge in [-0.3, -0.25) is 0 Å². The molecule has 0 nitrogen and oxygen atoms in total. The van der Waals surface area contributed by atoms with Crippen molar-refractivity contribution in [2.24, 2.45) is 10.8 Å². The summed E-state index contributed by atoms with van der Waals surface area (Å²) >= 11 is 0. The average Bonchev–Trinajstić information content (AvgIpc) is 2.36. The number of hydrogen-bond acceptors (Lipinski definition) is 0. The molecule has 1 rings (SSSR count). The average molecular weight is 274 g/mol. The van der Waals surface area contributed by atoms with Gasteiger partial charge in [0.15, 0.2) is 0 Å². The minimum Gasteiger partial charge on any atom is -0.0613 e. The molecule has 1 aromatic rings. The van der Waals surface area contributed by atoms with Gasteiger partial charge in [-0.25, -0.2) is 0 Å². The summed E-state index contributed by atoms with van der Waals surface area (Å²) in [4.78, 5) is 0. The topological polar surface area (TPSA) is 0 Å². The lowest BCUT2D eigenvalue weighted by atomic mass is 9.64. The van der Waals surface area contributed by atoms with Crippen LogP contribution in [0.25, 0.3) is 0 Å². The molecule has 1 unspecified atom stereocenters. The van der Waals surface area contributed by atoms with Gasteiger partial charge in [-0.05, 0) is 52.7 Å². The van der Waals surface area contributed by atoms with E-state index in [2.05, 4.69) is 73.6 Å². The Morgan fingerprint density at radius 3 is 2.00 bits per heavy atom. The van der Waals surface area contributed by atoms with Crippen molar-refractivity contribution < 1.29 is 0 Å². The molecule has 20 heavy (non-hydrogen) atoms. The van der Waals surface area contributed by atoms with Crippen LogP contribution in [0.3, 0.4) is 0 Å². The fourth-order valence-electron chi connectivity index (χ4n) is 2.83. The van der Waals surface area contributed by atoms with E-state index in [0.29, 0.717) is 16.7 Å². The number of hydrogen-bond donors (Lipinski definition) is 0. The standard InChI is InChI=1S/C20H34/c1-9-16-11-12-17(10-2)18(13-16)15(3)14-20(7,8)19(4,5)6/h11-13,15H,9-10,14H2,1-8H3. The van der Waals surface area contributed by atoms with Crippen molar-refractivity contribution in [3.63, 3.8) is 0 Å². The third kappa shape index (κ3) is 3.87. The molecule has 0 aliphatic rings. The first-order chi connectivity index (χ1) is 9.12. The van der Waals surface area contributed by atoms with Crippen molar-refractivity contribution >= 4 is 0 Å². The third-order valence-electron chi connectivity index (χ3n) is 5.38. The zero-order valence-electron chi connectivity index (χ0n) is 14.9. The van der Waals surface area contributed by atoms with Gasteiger partial charge in [0.1, 0.15) is 0 Å². The molecule has 114 valence electrons. The maximum absolute atomic E-state index is 2.45. The van der Waals surface area contributed by atoms with Crippen LogP contribution in [0, 0.1) is 10.8 Å². The first-order valence-electron chi connectivity index (χ1n) is 8.24. The van der Waals surface area contributed by atoms with Crippen molar-refractivity contribution in [3.8, 4) is 0 Å². The molecule has 1 aromatic carbocycles. The number of aryl methyl sites for hydroxylation is 2. The molecule has 0 N–H and O–H groups in total. The van der Waals surface area contributed by atoms with E-state index < -0.39 is 0 Å². The van der Waals surface area contributed by atoms with Crippen LogP contribution in [-0.4, -0.2) is 0 Å². The molecule has 0 bridgehead atoms. The van der Waals surface area contributed by atoms with E-state index in [0.717, 1.165) is 12.8 Å². The van der Waals surface area contributed by atoms with Gasteiger partial charge in [0, 0.05) is 0 Å². The molecule has 0 aliphatic carbocycles. The normalized spacial score (nSPS) is 14.4. The Morgan fingerprint density at radius 2 is 1.55 bits per heavy atom. The second-order valence-electron chi connectivity index (χ2n) is 7.98. The molecular weight excluding hydrogens is 240 g/mol. The quantitative estimate of drug-likeness (QED) is 0.584. The SMILES string of the molecule is CCc1ccc(CC)c(C(C)CC(C)(C)C(C)(C)C)c1. The van der Waals surface area contributed by atoms with Gasteiger partial charge >= 0.3 is 0 Å². The number of rotatable bonds is 5. The predicted molar refractivity (Wildman–Crippen MR) is 91.5 cm³/mol. The monoisotopic (exact) mass is 274 g/mol. The van der Waals surface area contributed by atoms with Crippen molar-refractivity contribution in [1.82, 2.24) is 0 Å². The van der Waals surface area contributed by atoms with Gasteiger partial charge in [0.2, 0.25) is 0 Å². The summed E-state index contributed by atoms with van der Waals surface area (Å²) < 4.78 is 0. The Morgan fingerprint density at radius 1 is 0.950 bits per heavy atom. The molecule has 0 saturated heterocycles. The zero-order valence-corrected chi connectivity index (χ0v) is 14.9. The van der Waals surface area contributed by atoms with Gasteiger partial charge in [-0.15, -0.1) is 0 Å². The van der Waals surface area contributed by atoms with E-state index in [1.165, 1.54) is 17.5 Å².